The first kappa shape index (κ1) is 18.7. The van der Waals surface area contributed by atoms with Crippen LogP contribution in [0.1, 0.15) is 5.56 Å². The first-order valence-electron chi connectivity index (χ1n) is 9.26. The number of quaternary nitrogens is 1. The van der Waals surface area contributed by atoms with Crippen LogP contribution in [0, 0.1) is 0 Å². The van der Waals surface area contributed by atoms with Crippen molar-refractivity contribution in [3.8, 4) is 0 Å². The van der Waals surface area contributed by atoms with Crippen molar-refractivity contribution in [2.24, 2.45) is 0 Å². The van der Waals surface area contributed by atoms with E-state index in [-0.39, 0.29) is 12.4 Å². The van der Waals surface area contributed by atoms with Crippen molar-refractivity contribution in [2.75, 3.05) is 31.6 Å². The van der Waals surface area contributed by atoms with Gasteiger partial charge in [-0.05, 0) is 24.3 Å². The molecule has 0 amide bonds. The highest BCUT2D eigenvalue weighted by molar-refractivity contribution is 6.05. The standard InChI is InChI=1S/C21H20N4O2.ClH/c1-2-4-18-17(3-1)19-20(27-18)21(23-14-22-19)24-16-7-5-15(6-8-16)13-25-9-11-26-12-10-25;/h1-8,14H,9-13H2,(H,22,23,24);1H. The third-order valence-corrected chi connectivity index (χ3v) is 5.03. The van der Waals surface area contributed by atoms with Crippen LogP contribution in [0.3, 0.4) is 0 Å². The summed E-state index contributed by atoms with van der Waals surface area (Å²) in [5.41, 5.74) is 4.64. The van der Waals surface area contributed by atoms with Gasteiger partial charge in [-0.15, -0.1) is 0 Å². The van der Waals surface area contributed by atoms with E-state index in [4.69, 9.17) is 9.15 Å². The molecule has 144 valence electrons. The lowest BCUT2D eigenvalue weighted by Gasteiger charge is -2.23. The largest absolute Gasteiger partial charge is 1.00 e. The minimum Gasteiger partial charge on any atom is -1.00 e. The van der Waals surface area contributed by atoms with E-state index in [0.717, 1.165) is 55.0 Å². The maximum atomic E-state index is 5.98. The Hall–Kier alpha value is -2.67. The molecular formula is C21H21ClN4O2. The molecule has 5 rings (SSSR count). The van der Waals surface area contributed by atoms with Crippen LogP contribution in [0.15, 0.2) is 59.3 Å². The SMILES string of the molecule is [Cl-].c1ccc2c(c1)oc1c(Nc3ccc(C[NH+]4CCOCC4)cc3)ncnc12. The summed E-state index contributed by atoms with van der Waals surface area (Å²) in [5.74, 6) is 0.683. The fraction of sp³-hybridized carbons (Fsp3) is 0.238. The lowest BCUT2D eigenvalue weighted by atomic mass is 10.2. The highest BCUT2D eigenvalue weighted by Crippen LogP contribution is 2.31. The molecule has 2 aromatic carbocycles. The van der Waals surface area contributed by atoms with Gasteiger partial charge >= 0.3 is 0 Å². The van der Waals surface area contributed by atoms with Gasteiger partial charge in [-0.25, -0.2) is 9.97 Å². The maximum Gasteiger partial charge on any atom is 0.196 e. The summed E-state index contributed by atoms with van der Waals surface area (Å²) in [6, 6.07) is 16.4. The van der Waals surface area contributed by atoms with Crippen LogP contribution >= 0.6 is 0 Å². The first-order chi connectivity index (χ1) is 13.4. The van der Waals surface area contributed by atoms with Gasteiger partial charge in [-0.2, -0.15) is 0 Å². The molecule has 4 aromatic rings. The monoisotopic (exact) mass is 396 g/mol. The van der Waals surface area contributed by atoms with E-state index in [1.165, 1.54) is 5.56 Å². The van der Waals surface area contributed by atoms with Crippen molar-refractivity contribution in [3.05, 3.63) is 60.4 Å². The number of hydrogen-bond donors (Lipinski definition) is 2. The van der Waals surface area contributed by atoms with Crippen molar-refractivity contribution >= 4 is 33.6 Å². The van der Waals surface area contributed by atoms with E-state index >= 15 is 0 Å². The average Bonchev–Trinajstić information content (AvgIpc) is 3.10. The molecular weight excluding hydrogens is 376 g/mol. The number of para-hydroxylation sites is 1. The predicted octanol–water partition coefficient (Wildman–Crippen LogP) is -0.461. The molecule has 0 radical (unpaired) electrons. The molecule has 0 spiro atoms. The van der Waals surface area contributed by atoms with Gasteiger partial charge in [0.15, 0.2) is 11.4 Å². The number of benzene rings is 2. The zero-order valence-corrected chi connectivity index (χ0v) is 16.1. The smallest absolute Gasteiger partial charge is 0.196 e. The Balaban J connectivity index is 0.00000192. The van der Waals surface area contributed by atoms with Gasteiger partial charge in [0.2, 0.25) is 0 Å². The maximum absolute atomic E-state index is 5.98. The van der Waals surface area contributed by atoms with Crippen molar-refractivity contribution < 1.29 is 26.5 Å². The second-order valence-corrected chi connectivity index (χ2v) is 6.86. The Morgan fingerprint density at radius 2 is 1.75 bits per heavy atom. The molecule has 6 nitrogen and oxygen atoms in total. The van der Waals surface area contributed by atoms with Crippen LogP contribution in [0.2, 0.25) is 0 Å². The van der Waals surface area contributed by atoms with E-state index in [9.17, 15) is 0 Å². The molecule has 2 N–H and O–H groups in total. The molecule has 1 aliphatic heterocycles. The van der Waals surface area contributed by atoms with Crippen LogP contribution in [-0.2, 0) is 11.3 Å². The van der Waals surface area contributed by atoms with Gasteiger partial charge in [0.1, 0.15) is 37.1 Å². The van der Waals surface area contributed by atoms with Gasteiger partial charge in [-0.1, -0.05) is 24.3 Å². The summed E-state index contributed by atoms with van der Waals surface area (Å²) < 4.78 is 11.4. The minimum atomic E-state index is 0. The Kier molecular flexibility index (Phi) is 5.43. The van der Waals surface area contributed by atoms with E-state index in [1.54, 1.807) is 11.2 Å². The average molecular weight is 397 g/mol. The number of nitrogens with one attached hydrogen (secondary N) is 2. The number of rotatable bonds is 4. The van der Waals surface area contributed by atoms with E-state index < -0.39 is 0 Å². The van der Waals surface area contributed by atoms with E-state index in [1.807, 2.05) is 24.3 Å². The zero-order valence-electron chi connectivity index (χ0n) is 15.3. The second-order valence-electron chi connectivity index (χ2n) is 6.86. The molecule has 0 unspecified atom stereocenters. The van der Waals surface area contributed by atoms with Crippen LogP contribution in [0.25, 0.3) is 22.1 Å². The summed E-state index contributed by atoms with van der Waals surface area (Å²) in [4.78, 5) is 10.3. The Bertz CT molecular complexity index is 1070. The van der Waals surface area contributed by atoms with Gasteiger partial charge in [-0.3, -0.25) is 0 Å². The number of hydrogen-bond acceptors (Lipinski definition) is 5. The van der Waals surface area contributed by atoms with Crippen LogP contribution < -0.4 is 22.6 Å². The number of aromatic nitrogens is 2. The Morgan fingerprint density at radius 1 is 0.964 bits per heavy atom. The highest BCUT2D eigenvalue weighted by Gasteiger charge is 2.15. The van der Waals surface area contributed by atoms with Crippen molar-refractivity contribution in [1.82, 2.24) is 9.97 Å². The second kappa shape index (κ2) is 8.14. The molecule has 1 aliphatic rings. The summed E-state index contributed by atoms with van der Waals surface area (Å²) in [5, 5.41) is 4.37. The Morgan fingerprint density at radius 3 is 2.57 bits per heavy atom. The molecule has 0 bridgehead atoms. The lowest BCUT2D eigenvalue weighted by molar-refractivity contribution is -0.921. The van der Waals surface area contributed by atoms with Gasteiger partial charge in [0.25, 0.3) is 0 Å². The number of furan rings is 1. The quantitative estimate of drug-likeness (QED) is 0.489. The van der Waals surface area contributed by atoms with Gasteiger partial charge in [0.05, 0.1) is 13.2 Å². The summed E-state index contributed by atoms with van der Waals surface area (Å²) >= 11 is 0. The lowest BCUT2D eigenvalue weighted by Crippen LogP contribution is -3.12. The fourth-order valence-electron chi connectivity index (χ4n) is 3.58. The summed E-state index contributed by atoms with van der Waals surface area (Å²) in [6.45, 7) is 4.90. The predicted molar refractivity (Wildman–Crippen MR) is 104 cm³/mol. The minimum absolute atomic E-state index is 0. The molecule has 2 aromatic heterocycles. The van der Waals surface area contributed by atoms with E-state index in [0.29, 0.717) is 11.4 Å². The number of ether oxygens (including phenoxy) is 1. The van der Waals surface area contributed by atoms with Crippen LogP contribution in [0.4, 0.5) is 11.5 Å². The third-order valence-electron chi connectivity index (χ3n) is 5.03. The molecule has 3 heterocycles. The van der Waals surface area contributed by atoms with Crippen LogP contribution in [-0.4, -0.2) is 36.3 Å². The number of halogens is 1. The summed E-state index contributed by atoms with van der Waals surface area (Å²) in [7, 11) is 0. The highest BCUT2D eigenvalue weighted by atomic mass is 35.5. The van der Waals surface area contributed by atoms with Crippen molar-refractivity contribution in [3.63, 3.8) is 0 Å². The molecule has 0 atom stereocenters. The molecule has 28 heavy (non-hydrogen) atoms. The molecule has 0 saturated carbocycles. The van der Waals surface area contributed by atoms with Gasteiger partial charge < -0.3 is 31.8 Å². The van der Waals surface area contributed by atoms with Crippen LogP contribution in [0.5, 0.6) is 0 Å². The van der Waals surface area contributed by atoms with E-state index in [2.05, 4.69) is 39.6 Å². The number of nitrogens with zero attached hydrogens (tertiary/aromatic N) is 2. The molecule has 7 heteroatoms. The van der Waals surface area contributed by atoms with Gasteiger partial charge in [0, 0.05) is 16.6 Å². The topological polar surface area (TPSA) is 64.6 Å². The van der Waals surface area contributed by atoms with Crippen molar-refractivity contribution in [1.29, 1.82) is 0 Å². The molecule has 1 saturated heterocycles. The number of fused-ring (bicyclic) bond motifs is 3. The summed E-state index contributed by atoms with van der Waals surface area (Å²) in [6.07, 6.45) is 1.57. The number of morpholine rings is 1. The normalized spacial score (nSPS) is 14.9. The molecule has 0 aliphatic carbocycles. The van der Waals surface area contributed by atoms with Crippen molar-refractivity contribution in [2.45, 2.75) is 6.54 Å². The third kappa shape index (κ3) is 3.67. The zero-order chi connectivity index (χ0) is 18.1. The first-order valence-corrected chi connectivity index (χ1v) is 9.26. The molecule has 1 fully saturated rings. The Labute approximate surface area is 168 Å². The fourth-order valence-corrected chi connectivity index (χ4v) is 3.58. The number of anilines is 2.